The molecule has 0 atom stereocenters. The molecule has 270 valence electrons. The Hall–Kier alpha value is -6.20. The third-order valence-electron chi connectivity index (χ3n) is 5.87. The lowest BCUT2D eigenvalue weighted by atomic mass is 10.2. The van der Waals surface area contributed by atoms with Gasteiger partial charge in [-0.15, -0.1) is 0 Å². The van der Waals surface area contributed by atoms with Crippen LogP contribution in [0.2, 0.25) is 5.15 Å². The molecule has 0 aliphatic heterocycles. The molecule has 0 saturated carbocycles. The number of carboxylic acids is 2. The van der Waals surface area contributed by atoms with Gasteiger partial charge in [-0.05, 0) is 31.2 Å². The van der Waals surface area contributed by atoms with E-state index >= 15 is 0 Å². The molecule has 2 aromatic carbocycles. The van der Waals surface area contributed by atoms with Gasteiger partial charge in [0.15, 0.2) is 0 Å². The van der Waals surface area contributed by atoms with E-state index in [1.165, 1.54) is 51.6 Å². The van der Waals surface area contributed by atoms with Crippen molar-refractivity contribution in [1.29, 1.82) is 0 Å². The van der Waals surface area contributed by atoms with Crippen molar-refractivity contribution in [3.63, 3.8) is 0 Å². The van der Waals surface area contributed by atoms with Gasteiger partial charge in [0.05, 0.1) is 25.3 Å². The van der Waals surface area contributed by atoms with Crippen molar-refractivity contribution in [2.75, 3.05) is 31.5 Å². The highest BCUT2D eigenvalue weighted by molar-refractivity contribution is 7.90. The average Bonchev–Trinajstić information content (AvgIpc) is 3.07. The minimum atomic E-state index is -4.44. The lowest BCUT2D eigenvalue weighted by molar-refractivity contribution is 0.0682. The Kier molecular flexibility index (Phi) is 12.7. The van der Waals surface area contributed by atoms with E-state index in [0.717, 1.165) is 29.2 Å². The first-order chi connectivity index (χ1) is 23.9. The molecule has 0 unspecified atom stereocenters. The van der Waals surface area contributed by atoms with Crippen LogP contribution in [0.15, 0.2) is 64.4 Å². The maximum absolute atomic E-state index is 12.4. The Balaban J connectivity index is 0.000000276. The standard InChI is InChI=1S/C14H15N5O6S.C13H11ClN4O6S/c1-8-15-12(17-13(16-8)25-3)19(2)14(22)18-26(23,24)10-7-5-4-6-9(10)11(20)21;1-24-10-6-9(14)15-12(16-10)17-13(21)18-25(22,23)8-5-3-2-4-7(8)11(19)20/h4-7H,1-3H3,(H,18,22)(H,20,21);2-6H,1H3,(H,19,20)(H2,15,16,17,18,21). The van der Waals surface area contributed by atoms with E-state index in [1.807, 2.05) is 0 Å². The molecule has 0 spiro atoms. The van der Waals surface area contributed by atoms with E-state index in [0.29, 0.717) is 0 Å². The second kappa shape index (κ2) is 16.5. The number of ether oxygens (including phenoxy) is 2. The van der Waals surface area contributed by atoms with Crippen molar-refractivity contribution < 1.29 is 55.7 Å². The predicted molar refractivity (Wildman–Crippen MR) is 175 cm³/mol. The van der Waals surface area contributed by atoms with Crippen LogP contribution in [-0.4, -0.2) is 97.2 Å². The molecule has 4 rings (SSSR count). The molecule has 5 N–H and O–H groups in total. The number of aryl methyl sites for hydroxylation is 1. The highest BCUT2D eigenvalue weighted by Gasteiger charge is 2.27. The summed E-state index contributed by atoms with van der Waals surface area (Å²) in [5.41, 5.74) is -0.948. The maximum atomic E-state index is 12.4. The average molecular weight is 768 g/mol. The summed E-state index contributed by atoms with van der Waals surface area (Å²) in [6.45, 7) is 1.54. The van der Waals surface area contributed by atoms with E-state index in [9.17, 15) is 36.0 Å². The number of halogens is 1. The van der Waals surface area contributed by atoms with Crippen LogP contribution in [0.4, 0.5) is 21.5 Å². The molecule has 2 heterocycles. The minimum absolute atomic E-state index is 0.0405. The molecule has 0 fully saturated rings. The zero-order valence-corrected chi connectivity index (χ0v) is 28.9. The molecule has 2 aromatic heterocycles. The summed E-state index contributed by atoms with van der Waals surface area (Å²) in [5.74, 6) is -3.04. The quantitative estimate of drug-likeness (QED) is 0.144. The number of benzene rings is 2. The predicted octanol–water partition coefficient (Wildman–Crippen LogP) is 1.77. The van der Waals surface area contributed by atoms with Crippen molar-refractivity contribution in [3.05, 3.63) is 76.7 Å². The summed E-state index contributed by atoms with van der Waals surface area (Å²) < 4.78 is 62.4. The molecule has 4 amide bonds. The number of aromatic carboxylic acids is 2. The number of aromatic nitrogens is 5. The lowest BCUT2D eigenvalue weighted by Gasteiger charge is -2.17. The number of sulfonamides is 2. The fraction of sp³-hybridized carbons (Fsp3) is 0.148. The molecule has 0 aliphatic carbocycles. The van der Waals surface area contributed by atoms with Crippen molar-refractivity contribution in [1.82, 2.24) is 34.4 Å². The number of carbonyl (C=O) groups is 4. The van der Waals surface area contributed by atoms with Gasteiger partial charge in [-0.3, -0.25) is 10.2 Å². The summed E-state index contributed by atoms with van der Waals surface area (Å²) >= 11 is 5.71. The number of nitrogens with zero attached hydrogens (tertiary/aromatic N) is 6. The first-order valence-corrected chi connectivity index (χ1v) is 16.9. The first kappa shape index (κ1) is 39.2. The highest BCUT2D eigenvalue weighted by atomic mass is 35.5. The molecule has 0 saturated heterocycles. The molecule has 51 heavy (non-hydrogen) atoms. The Morgan fingerprint density at radius 3 is 1.80 bits per heavy atom. The van der Waals surface area contributed by atoms with Crippen LogP contribution in [0.3, 0.4) is 0 Å². The van der Waals surface area contributed by atoms with Gasteiger partial charge < -0.3 is 19.7 Å². The number of methoxy groups -OCH3 is 2. The molecule has 4 aromatic rings. The topological polar surface area (TPSA) is 299 Å². The maximum Gasteiger partial charge on any atom is 0.337 e. The normalized spacial score (nSPS) is 10.8. The van der Waals surface area contributed by atoms with Gasteiger partial charge in [0, 0.05) is 13.1 Å². The van der Waals surface area contributed by atoms with E-state index in [2.05, 4.69) is 30.2 Å². The molecule has 0 aliphatic rings. The number of nitrogens with one attached hydrogen (secondary N) is 3. The Morgan fingerprint density at radius 1 is 0.765 bits per heavy atom. The van der Waals surface area contributed by atoms with Crippen LogP contribution >= 0.6 is 11.6 Å². The highest BCUT2D eigenvalue weighted by Crippen LogP contribution is 2.19. The number of anilines is 2. The zero-order valence-electron chi connectivity index (χ0n) is 26.6. The first-order valence-electron chi connectivity index (χ1n) is 13.5. The third-order valence-corrected chi connectivity index (χ3v) is 8.83. The van der Waals surface area contributed by atoms with Gasteiger partial charge in [0.2, 0.25) is 17.8 Å². The summed E-state index contributed by atoms with van der Waals surface area (Å²) in [6, 6.07) is 8.68. The molecule has 24 heteroatoms. The number of urea groups is 2. The molecular weight excluding hydrogens is 742 g/mol. The second-order valence-corrected chi connectivity index (χ2v) is 13.0. The summed E-state index contributed by atoms with van der Waals surface area (Å²) in [6.07, 6.45) is 0. The Labute approximate surface area is 293 Å². The molecule has 21 nitrogen and oxygen atoms in total. The second-order valence-electron chi connectivity index (χ2n) is 9.36. The van der Waals surface area contributed by atoms with Crippen molar-refractivity contribution in [3.8, 4) is 11.9 Å². The smallest absolute Gasteiger partial charge is 0.337 e. The van der Waals surface area contributed by atoms with Crippen LogP contribution < -0.4 is 29.1 Å². The number of rotatable bonds is 10. The largest absolute Gasteiger partial charge is 0.481 e. The number of hydrogen-bond donors (Lipinski definition) is 5. The monoisotopic (exact) mass is 767 g/mol. The summed E-state index contributed by atoms with van der Waals surface area (Å²) in [4.78, 5) is 65.3. The summed E-state index contributed by atoms with van der Waals surface area (Å²) in [7, 11) is -5.00. The number of carbonyl (C=O) groups excluding carboxylic acids is 2. The van der Waals surface area contributed by atoms with Gasteiger partial charge >= 0.3 is 30.0 Å². The van der Waals surface area contributed by atoms with E-state index in [-0.39, 0.29) is 34.8 Å². The summed E-state index contributed by atoms with van der Waals surface area (Å²) in [5, 5.41) is 20.2. The van der Waals surface area contributed by atoms with E-state index in [1.54, 1.807) is 16.4 Å². The van der Waals surface area contributed by atoms with E-state index in [4.69, 9.17) is 31.3 Å². The SMILES string of the molecule is COc1cc(Cl)nc(NC(=O)NS(=O)(=O)c2ccccc2C(=O)O)n1.COc1nc(C)nc(N(C)C(=O)NS(=O)(=O)c2ccccc2C(=O)O)n1. The minimum Gasteiger partial charge on any atom is -0.481 e. The van der Waals surface area contributed by atoms with Gasteiger partial charge in [-0.2, -0.15) is 19.9 Å². The lowest BCUT2D eigenvalue weighted by Crippen LogP contribution is -2.42. The number of carboxylic acid groups (broad SMARTS) is 2. The van der Waals surface area contributed by atoms with Crippen LogP contribution in [0, 0.1) is 6.92 Å². The van der Waals surface area contributed by atoms with Gasteiger partial charge in [0.1, 0.15) is 20.8 Å². The van der Waals surface area contributed by atoms with Crippen molar-refractivity contribution >= 4 is 67.5 Å². The van der Waals surface area contributed by atoms with Crippen LogP contribution in [0.25, 0.3) is 0 Å². The number of hydrogen-bond acceptors (Lipinski definition) is 15. The molecular formula is C27H26ClN9O12S2. The molecule has 0 radical (unpaired) electrons. The number of amides is 4. The fourth-order valence-electron chi connectivity index (χ4n) is 3.63. The van der Waals surface area contributed by atoms with Crippen molar-refractivity contribution in [2.45, 2.75) is 16.7 Å². The van der Waals surface area contributed by atoms with Gasteiger partial charge in [-0.1, -0.05) is 35.9 Å². The van der Waals surface area contributed by atoms with Crippen LogP contribution in [0.1, 0.15) is 26.5 Å². The Morgan fingerprint density at radius 2 is 1.29 bits per heavy atom. The van der Waals surface area contributed by atoms with E-state index < -0.39 is 65.0 Å². The van der Waals surface area contributed by atoms with Crippen molar-refractivity contribution in [2.24, 2.45) is 0 Å². The Bertz CT molecular complexity index is 2210. The fourth-order valence-corrected chi connectivity index (χ4v) is 6.09. The third kappa shape index (κ3) is 10.4. The van der Waals surface area contributed by atoms with Crippen LogP contribution in [0.5, 0.6) is 11.9 Å². The van der Waals surface area contributed by atoms with Crippen LogP contribution in [-0.2, 0) is 20.0 Å². The zero-order chi connectivity index (χ0) is 38.1. The van der Waals surface area contributed by atoms with Gasteiger partial charge in [-0.25, -0.2) is 50.4 Å². The van der Waals surface area contributed by atoms with Gasteiger partial charge in [0.25, 0.3) is 20.0 Å². The molecule has 0 bridgehead atoms.